The molecule has 3 N–H and O–H groups in total. The van der Waals surface area contributed by atoms with E-state index in [1.165, 1.54) is 0 Å². The molecule has 158 valence electrons. The molecule has 0 spiro atoms. The summed E-state index contributed by atoms with van der Waals surface area (Å²) in [6, 6.07) is 11.4. The summed E-state index contributed by atoms with van der Waals surface area (Å²) in [7, 11) is 0. The number of aromatic nitrogens is 1. The Hall–Kier alpha value is -2.29. The molecule has 7 nitrogen and oxygen atoms in total. The van der Waals surface area contributed by atoms with Crippen molar-refractivity contribution in [3.8, 4) is 0 Å². The zero-order valence-electron chi connectivity index (χ0n) is 16.9. The second-order valence-electron chi connectivity index (χ2n) is 7.96. The van der Waals surface area contributed by atoms with Crippen molar-refractivity contribution in [3.63, 3.8) is 0 Å². The zero-order chi connectivity index (χ0) is 21.1. The molecule has 0 bridgehead atoms. The number of hydrogen-bond acceptors (Lipinski definition) is 5. The number of likely N-dealkylation sites (tertiary alicyclic amines) is 1. The molecule has 2 aliphatic heterocycles. The Bertz CT molecular complexity index is 915. The van der Waals surface area contributed by atoms with E-state index in [9.17, 15) is 9.59 Å². The number of amides is 2. The molecule has 2 unspecified atom stereocenters. The number of piperidine rings is 1. The van der Waals surface area contributed by atoms with Crippen LogP contribution in [-0.2, 0) is 9.59 Å². The van der Waals surface area contributed by atoms with Crippen molar-refractivity contribution >= 4 is 33.4 Å². The van der Waals surface area contributed by atoms with Crippen LogP contribution in [0.2, 0.25) is 0 Å². The Morgan fingerprint density at radius 2 is 1.97 bits per heavy atom. The predicted molar refractivity (Wildman–Crippen MR) is 118 cm³/mol. The van der Waals surface area contributed by atoms with Gasteiger partial charge in [0.15, 0.2) is 0 Å². The third kappa shape index (κ3) is 4.71. The average Bonchev–Trinajstić information content (AvgIpc) is 3.26. The number of hydrazine groups is 1. The van der Waals surface area contributed by atoms with Gasteiger partial charge in [-0.1, -0.05) is 12.1 Å². The van der Waals surface area contributed by atoms with Crippen LogP contribution in [0.25, 0.3) is 0 Å². The molecule has 0 saturated carbocycles. The molecule has 1 aromatic carbocycles. The molecular formula is C22H26BrN5O2. The second-order valence-corrected chi connectivity index (χ2v) is 8.81. The smallest absolute Gasteiger partial charge is 0.241 e. The SMILES string of the molecule is Cc1ccc(NC(=O)C2CCN(C(=O)C3CC(c4ccccn4)NN3)CC2)c(Br)c1. The van der Waals surface area contributed by atoms with Gasteiger partial charge < -0.3 is 10.2 Å². The topological polar surface area (TPSA) is 86.4 Å². The molecule has 0 radical (unpaired) electrons. The van der Waals surface area contributed by atoms with E-state index in [0.717, 1.165) is 21.4 Å². The number of hydrogen-bond donors (Lipinski definition) is 3. The number of rotatable bonds is 4. The Kier molecular flexibility index (Phi) is 6.46. The molecule has 2 atom stereocenters. The lowest BCUT2D eigenvalue weighted by molar-refractivity contribution is -0.136. The van der Waals surface area contributed by atoms with Crippen molar-refractivity contribution in [1.29, 1.82) is 0 Å². The van der Waals surface area contributed by atoms with Gasteiger partial charge >= 0.3 is 0 Å². The third-order valence-electron chi connectivity index (χ3n) is 5.81. The summed E-state index contributed by atoms with van der Waals surface area (Å²) >= 11 is 3.50. The third-order valence-corrected chi connectivity index (χ3v) is 6.46. The van der Waals surface area contributed by atoms with Crippen molar-refractivity contribution in [2.75, 3.05) is 18.4 Å². The highest BCUT2D eigenvalue weighted by atomic mass is 79.9. The van der Waals surface area contributed by atoms with Crippen LogP contribution in [0.4, 0.5) is 5.69 Å². The summed E-state index contributed by atoms with van der Waals surface area (Å²) < 4.78 is 0.880. The quantitative estimate of drug-likeness (QED) is 0.637. The van der Waals surface area contributed by atoms with Crippen molar-refractivity contribution < 1.29 is 9.59 Å². The molecule has 1 aromatic heterocycles. The highest BCUT2D eigenvalue weighted by molar-refractivity contribution is 9.10. The molecule has 2 aliphatic rings. The van der Waals surface area contributed by atoms with Gasteiger partial charge in [0.05, 0.1) is 17.4 Å². The summed E-state index contributed by atoms with van der Waals surface area (Å²) in [5.41, 5.74) is 9.14. The first-order valence-electron chi connectivity index (χ1n) is 10.3. The summed E-state index contributed by atoms with van der Waals surface area (Å²) in [5.74, 6) is 0.0155. The van der Waals surface area contributed by atoms with Gasteiger partial charge in [0.2, 0.25) is 11.8 Å². The van der Waals surface area contributed by atoms with Crippen molar-refractivity contribution in [3.05, 3.63) is 58.3 Å². The van der Waals surface area contributed by atoms with Gasteiger partial charge in [0, 0.05) is 29.7 Å². The molecule has 2 fully saturated rings. The lowest BCUT2D eigenvalue weighted by atomic mass is 9.95. The van der Waals surface area contributed by atoms with Crippen molar-refractivity contribution in [1.82, 2.24) is 20.7 Å². The number of carbonyl (C=O) groups is 2. The van der Waals surface area contributed by atoms with Crippen LogP contribution in [0.5, 0.6) is 0 Å². The van der Waals surface area contributed by atoms with E-state index in [1.807, 2.05) is 48.2 Å². The maximum Gasteiger partial charge on any atom is 0.241 e. The van der Waals surface area contributed by atoms with Gasteiger partial charge in [-0.25, -0.2) is 10.9 Å². The lowest BCUT2D eigenvalue weighted by Gasteiger charge is -2.33. The van der Waals surface area contributed by atoms with E-state index in [2.05, 4.69) is 37.1 Å². The first-order chi connectivity index (χ1) is 14.5. The number of aryl methyl sites for hydroxylation is 1. The summed E-state index contributed by atoms with van der Waals surface area (Å²) in [6.07, 6.45) is 3.77. The van der Waals surface area contributed by atoms with Crippen LogP contribution in [0.3, 0.4) is 0 Å². The molecule has 2 saturated heterocycles. The Labute approximate surface area is 184 Å². The molecule has 2 aromatic rings. The van der Waals surface area contributed by atoms with Crippen LogP contribution >= 0.6 is 15.9 Å². The Balaban J connectivity index is 1.28. The van der Waals surface area contributed by atoms with E-state index in [0.29, 0.717) is 32.4 Å². The van der Waals surface area contributed by atoms with Crippen LogP contribution < -0.4 is 16.2 Å². The Morgan fingerprint density at radius 1 is 1.17 bits per heavy atom. The average molecular weight is 472 g/mol. The minimum Gasteiger partial charge on any atom is -0.341 e. The van der Waals surface area contributed by atoms with Crippen LogP contribution in [0, 0.1) is 12.8 Å². The fraction of sp³-hybridized carbons (Fsp3) is 0.409. The van der Waals surface area contributed by atoms with E-state index < -0.39 is 0 Å². The number of benzene rings is 1. The summed E-state index contributed by atoms with van der Waals surface area (Å²) in [5, 5.41) is 3.01. The summed E-state index contributed by atoms with van der Waals surface area (Å²) in [6.45, 7) is 3.20. The fourth-order valence-corrected chi connectivity index (χ4v) is 4.63. The van der Waals surface area contributed by atoms with Crippen LogP contribution in [0.1, 0.15) is 36.6 Å². The fourth-order valence-electron chi connectivity index (χ4n) is 4.03. The van der Waals surface area contributed by atoms with Crippen LogP contribution in [-0.4, -0.2) is 40.8 Å². The summed E-state index contributed by atoms with van der Waals surface area (Å²) in [4.78, 5) is 31.8. The highest BCUT2D eigenvalue weighted by Gasteiger charge is 2.35. The molecular weight excluding hydrogens is 446 g/mol. The first-order valence-corrected chi connectivity index (χ1v) is 11.1. The molecule has 3 heterocycles. The van der Waals surface area contributed by atoms with E-state index in [4.69, 9.17) is 0 Å². The maximum atomic E-state index is 12.9. The van der Waals surface area contributed by atoms with Gasteiger partial charge in [-0.05, 0) is 71.9 Å². The first kappa shape index (κ1) is 21.0. The van der Waals surface area contributed by atoms with Gasteiger partial charge in [-0.3, -0.25) is 14.6 Å². The number of carbonyl (C=O) groups excluding carboxylic acids is 2. The monoisotopic (exact) mass is 471 g/mol. The number of halogens is 1. The van der Waals surface area contributed by atoms with E-state index in [-0.39, 0.29) is 29.8 Å². The standard InChI is InChI=1S/C22H26BrN5O2/c1-14-5-6-17(16(23)12-14)25-21(29)15-7-10-28(11-8-15)22(30)20-13-19(26-27-20)18-4-2-3-9-24-18/h2-6,9,12,15,19-20,26-27H,7-8,10-11,13H2,1H3,(H,25,29). The van der Waals surface area contributed by atoms with Gasteiger partial charge in [0.25, 0.3) is 0 Å². The van der Waals surface area contributed by atoms with Gasteiger partial charge in [-0.15, -0.1) is 0 Å². The van der Waals surface area contributed by atoms with Crippen molar-refractivity contribution in [2.24, 2.45) is 5.92 Å². The number of nitrogens with one attached hydrogen (secondary N) is 3. The minimum atomic E-state index is -0.272. The highest BCUT2D eigenvalue weighted by Crippen LogP contribution is 2.27. The van der Waals surface area contributed by atoms with Crippen molar-refractivity contribution in [2.45, 2.75) is 38.3 Å². The van der Waals surface area contributed by atoms with Crippen LogP contribution in [0.15, 0.2) is 47.1 Å². The predicted octanol–water partition coefficient (Wildman–Crippen LogP) is 2.94. The van der Waals surface area contributed by atoms with Gasteiger partial charge in [0.1, 0.15) is 6.04 Å². The maximum absolute atomic E-state index is 12.9. The van der Waals surface area contributed by atoms with E-state index >= 15 is 0 Å². The Morgan fingerprint density at radius 3 is 2.67 bits per heavy atom. The van der Waals surface area contributed by atoms with Gasteiger partial charge in [-0.2, -0.15) is 0 Å². The molecule has 8 heteroatoms. The molecule has 30 heavy (non-hydrogen) atoms. The molecule has 0 aliphatic carbocycles. The minimum absolute atomic E-state index is 0.0162. The normalized spacial score (nSPS) is 22.1. The number of nitrogens with zero attached hydrogens (tertiary/aromatic N) is 2. The zero-order valence-corrected chi connectivity index (χ0v) is 18.5. The second kappa shape index (κ2) is 9.24. The largest absolute Gasteiger partial charge is 0.341 e. The number of pyridine rings is 1. The molecule has 2 amide bonds. The lowest BCUT2D eigenvalue weighted by Crippen LogP contribution is -2.49. The molecule has 4 rings (SSSR count). The number of anilines is 1. The van der Waals surface area contributed by atoms with E-state index in [1.54, 1.807) is 6.20 Å².